The van der Waals surface area contributed by atoms with Gasteiger partial charge in [0.15, 0.2) is 0 Å². The number of ether oxygens (including phenoxy) is 1. The third kappa shape index (κ3) is 5.44. The van der Waals surface area contributed by atoms with Crippen molar-refractivity contribution < 1.29 is 9.53 Å². The lowest BCUT2D eigenvalue weighted by Gasteiger charge is -2.18. The molecule has 0 saturated carbocycles. The second-order valence-corrected chi connectivity index (χ2v) is 6.16. The van der Waals surface area contributed by atoms with Crippen LogP contribution in [0.15, 0.2) is 47.2 Å². The van der Waals surface area contributed by atoms with Crippen molar-refractivity contribution >= 4 is 21.9 Å². The number of benzene rings is 1. The van der Waals surface area contributed by atoms with Crippen LogP contribution in [0.2, 0.25) is 0 Å². The van der Waals surface area contributed by atoms with Gasteiger partial charge in [-0.3, -0.25) is 9.88 Å². The highest BCUT2D eigenvalue weighted by atomic mass is 79.9. The van der Waals surface area contributed by atoms with Crippen molar-refractivity contribution in [2.75, 3.05) is 13.1 Å². The minimum Gasteiger partial charge on any atom is -0.457 e. The fraction of sp³-hybridized carbons (Fsp3) is 0.333. The van der Waals surface area contributed by atoms with E-state index in [1.54, 1.807) is 12.3 Å². The van der Waals surface area contributed by atoms with Crippen molar-refractivity contribution in [3.8, 4) is 0 Å². The Bertz CT molecular complexity index is 640. The van der Waals surface area contributed by atoms with Gasteiger partial charge < -0.3 is 4.74 Å². The summed E-state index contributed by atoms with van der Waals surface area (Å²) in [4.78, 5) is 18.3. The molecule has 0 bridgehead atoms. The minimum atomic E-state index is -0.369. The molecule has 0 aliphatic carbocycles. The van der Waals surface area contributed by atoms with Gasteiger partial charge in [-0.05, 0) is 46.2 Å². The molecule has 122 valence electrons. The van der Waals surface area contributed by atoms with E-state index in [0.717, 1.165) is 29.7 Å². The van der Waals surface area contributed by atoms with Gasteiger partial charge in [0.25, 0.3) is 0 Å². The average Bonchev–Trinajstić information content (AvgIpc) is 2.58. The average molecular weight is 377 g/mol. The molecule has 4 nitrogen and oxygen atoms in total. The molecule has 0 spiro atoms. The SMILES string of the molecule is CCN(CC)Cc1ccc(COC(=O)c2cncc(Br)c2)cc1. The standard InChI is InChI=1S/C18H21BrN2O2/c1-3-21(4-2)12-14-5-7-15(8-6-14)13-23-18(22)16-9-17(19)11-20-10-16/h5-11H,3-4,12-13H2,1-2H3. The predicted molar refractivity (Wildman–Crippen MR) is 94.1 cm³/mol. The first-order valence-corrected chi connectivity index (χ1v) is 8.49. The summed E-state index contributed by atoms with van der Waals surface area (Å²) in [7, 11) is 0. The third-order valence-corrected chi connectivity index (χ3v) is 4.07. The first-order chi connectivity index (χ1) is 11.1. The summed E-state index contributed by atoms with van der Waals surface area (Å²) in [6, 6.07) is 9.88. The maximum atomic E-state index is 12.0. The predicted octanol–water partition coefficient (Wildman–Crippen LogP) is 4.04. The highest BCUT2D eigenvalue weighted by Crippen LogP contribution is 2.12. The Morgan fingerprint density at radius 3 is 2.39 bits per heavy atom. The van der Waals surface area contributed by atoms with Gasteiger partial charge in [0, 0.05) is 23.4 Å². The molecule has 0 aliphatic rings. The van der Waals surface area contributed by atoms with Crippen LogP contribution < -0.4 is 0 Å². The summed E-state index contributed by atoms with van der Waals surface area (Å²) in [5, 5.41) is 0. The highest BCUT2D eigenvalue weighted by Gasteiger charge is 2.08. The molecule has 0 amide bonds. The van der Waals surface area contributed by atoms with Crippen molar-refractivity contribution in [1.29, 1.82) is 0 Å². The van der Waals surface area contributed by atoms with Crippen LogP contribution in [-0.2, 0) is 17.9 Å². The van der Waals surface area contributed by atoms with Crippen molar-refractivity contribution in [2.24, 2.45) is 0 Å². The Morgan fingerprint density at radius 1 is 1.13 bits per heavy atom. The second-order valence-electron chi connectivity index (χ2n) is 5.25. The molecule has 23 heavy (non-hydrogen) atoms. The molecule has 1 aromatic carbocycles. The van der Waals surface area contributed by atoms with E-state index in [-0.39, 0.29) is 12.6 Å². The number of carbonyl (C=O) groups excluding carboxylic acids is 1. The number of rotatable bonds is 7. The first kappa shape index (κ1) is 17.6. The van der Waals surface area contributed by atoms with Crippen LogP contribution in [-0.4, -0.2) is 28.9 Å². The topological polar surface area (TPSA) is 42.4 Å². The lowest BCUT2D eigenvalue weighted by molar-refractivity contribution is 0.0472. The number of hydrogen-bond donors (Lipinski definition) is 0. The highest BCUT2D eigenvalue weighted by molar-refractivity contribution is 9.10. The Labute approximate surface area is 145 Å². The van der Waals surface area contributed by atoms with Crippen LogP contribution >= 0.6 is 15.9 Å². The number of halogens is 1. The molecular formula is C18H21BrN2O2. The van der Waals surface area contributed by atoms with E-state index in [4.69, 9.17) is 4.74 Å². The molecule has 0 aliphatic heterocycles. The van der Waals surface area contributed by atoms with E-state index in [0.29, 0.717) is 5.56 Å². The molecule has 0 saturated heterocycles. The zero-order valence-corrected chi connectivity index (χ0v) is 15.0. The zero-order chi connectivity index (χ0) is 16.7. The van der Waals surface area contributed by atoms with E-state index >= 15 is 0 Å². The summed E-state index contributed by atoms with van der Waals surface area (Å²) < 4.78 is 6.08. The largest absolute Gasteiger partial charge is 0.457 e. The first-order valence-electron chi connectivity index (χ1n) is 7.70. The van der Waals surface area contributed by atoms with Gasteiger partial charge in [-0.2, -0.15) is 0 Å². The Morgan fingerprint density at radius 2 is 1.78 bits per heavy atom. The fourth-order valence-corrected chi connectivity index (χ4v) is 2.57. The van der Waals surface area contributed by atoms with Gasteiger partial charge in [0.2, 0.25) is 0 Å². The van der Waals surface area contributed by atoms with Gasteiger partial charge in [-0.15, -0.1) is 0 Å². The van der Waals surface area contributed by atoms with Gasteiger partial charge >= 0.3 is 5.97 Å². The number of hydrogen-bond acceptors (Lipinski definition) is 4. The maximum absolute atomic E-state index is 12.0. The summed E-state index contributed by atoms with van der Waals surface area (Å²) in [6.45, 7) is 7.60. The van der Waals surface area contributed by atoms with Crippen molar-refractivity contribution in [3.05, 3.63) is 63.9 Å². The van der Waals surface area contributed by atoms with E-state index in [9.17, 15) is 4.79 Å². The van der Waals surface area contributed by atoms with E-state index in [1.165, 1.54) is 11.8 Å². The Kier molecular flexibility index (Phi) is 6.74. The number of carbonyl (C=O) groups is 1. The molecule has 5 heteroatoms. The monoisotopic (exact) mass is 376 g/mol. The van der Waals surface area contributed by atoms with Crippen molar-refractivity contribution in [1.82, 2.24) is 9.88 Å². The number of nitrogens with zero attached hydrogens (tertiary/aromatic N) is 2. The molecule has 0 N–H and O–H groups in total. The fourth-order valence-electron chi connectivity index (χ4n) is 2.20. The Balaban J connectivity index is 1.90. The molecule has 0 fully saturated rings. The molecule has 1 aromatic heterocycles. The van der Waals surface area contributed by atoms with Gasteiger partial charge in [0.1, 0.15) is 6.61 Å². The zero-order valence-electron chi connectivity index (χ0n) is 13.5. The lowest BCUT2D eigenvalue weighted by Crippen LogP contribution is -2.22. The van der Waals surface area contributed by atoms with Crippen LogP contribution in [0.5, 0.6) is 0 Å². The molecule has 1 heterocycles. The molecule has 0 atom stereocenters. The van der Waals surface area contributed by atoms with Crippen LogP contribution in [0.4, 0.5) is 0 Å². The number of pyridine rings is 1. The molecule has 2 aromatic rings. The lowest BCUT2D eigenvalue weighted by atomic mass is 10.1. The van der Waals surface area contributed by atoms with Gasteiger partial charge in [-0.25, -0.2) is 4.79 Å². The van der Waals surface area contributed by atoms with Crippen molar-refractivity contribution in [2.45, 2.75) is 27.0 Å². The van der Waals surface area contributed by atoms with Crippen molar-refractivity contribution in [3.63, 3.8) is 0 Å². The molecular weight excluding hydrogens is 356 g/mol. The molecule has 2 rings (SSSR count). The minimum absolute atomic E-state index is 0.261. The third-order valence-electron chi connectivity index (χ3n) is 3.63. The Hall–Kier alpha value is -1.72. The molecule has 0 radical (unpaired) electrons. The number of aromatic nitrogens is 1. The van der Waals surface area contributed by atoms with Crippen LogP contribution in [0, 0.1) is 0 Å². The quantitative estimate of drug-likeness (QED) is 0.683. The number of esters is 1. The van der Waals surface area contributed by atoms with Gasteiger partial charge in [0.05, 0.1) is 5.56 Å². The van der Waals surface area contributed by atoms with Crippen LogP contribution in [0.1, 0.15) is 35.3 Å². The van der Waals surface area contributed by atoms with Crippen LogP contribution in [0.3, 0.4) is 0 Å². The normalized spacial score (nSPS) is 10.8. The summed E-state index contributed by atoms with van der Waals surface area (Å²) in [5.74, 6) is -0.369. The smallest absolute Gasteiger partial charge is 0.340 e. The van der Waals surface area contributed by atoms with Crippen LogP contribution in [0.25, 0.3) is 0 Å². The van der Waals surface area contributed by atoms with E-state index < -0.39 is 0 Å². The van der Waals surface area contributed by atoms with Gasteiger partial charge in [-0.1, -0.05) is 38.1 Å². The van der Waals surface area contributed by atoms with E-state index in [1.807, 2.05) is 12.1 Å². The summed E-state index contributed by atoms with van der Waals surface area (Å²) in [6.07, 6.45) is 3.13. The maximum Gasteiger partial charge on any atom is 0.340 e. The summed E-state index contributed by atoms with van der Waals surface area (Å²) >= 11 is 3.29. The second kappa shape index (κ2) is 8.79. The summed E-state index contributed by atoms with van der Waals surface area (Å²) in [5.41, 5.74) is 2.68. The molecule has 0 unspecified atom stereocenters. The van der Waals surface area contributed by atoms with E-state index in [2.05, 4.69) is 51.8 Å².